The van der Waals surface area contributed by atoms with Gasteiger partial charge in [-0.25, -0.2) is 0 Å². The summed E-state index contributed by atoms with van der Waals surface area (Å²) < 4.78 is 0. The summed E-state index contributed by atoms with van der Waals surface area (Å²) in [6.45, 7) is 11.8. The van der Waals surface area contributed by atoms with E-state index in [2.05, 4.69) is 57.9 Å². The van der Waals surface area contributed by atoms with E-state index in [4.69, 9.17) is 0 Å². The van der Waals surface area contributed by atoms with Crippen LogP contribution in [0.3, 0.4) is 0 Å². The zero-order chi connectivity index (χ0) is 10.1. The molecule has 0 radical (unpaired) electrons. The van der Waals surface area contributed by atoms with E-state index in [1.54, 1.807) is 0 Å². The summed E-state index contributed by atoms with van der Waals surface area (Å²) in [5, 5.41) is 0. The molecule has 2 heteroatoms. The molecule has 1 rings (SSSR count). The van der Waals surface area contributed by atoms with Crippen LogP contribution in [0.15, 0.2) is 24.1 Å². The van der Waals surface area contributed by atoms with E-state index >= 15 is 0 Å². The number of allylic oxidation sites excluding steroid dienone is 2. The molecule has 0 fully saturated rings. The quantitative estimate of drug-likeness (QED) is 0.468. The van der Waals surface area contributed by atoms with E-state index in [1.807, 2.05) is 0 Å². The predicted molar refractivity (Wildman–Crippen MR) is 67.1 cm³/mol. The molecular weight excluding hydrogens is 174 g/mol. The van der Waals surface area contributed by atoms with Gasteiger partial charge in [0, 0.05) is 20.0 Å². The Kier molecular flexibility index (Phi) is 3.41. The van der Waals surface area contributed by atoms with Crippen molar-refractivity contribution in [2.24, 2.45) is 11.8 Å². The standard InChI is InChI=1S/C11H21BP/c1-10(2)11-6-8-12(9-7-11)13(3,4)5/h6-11H,1-5H3/q+1. The third kappa shape index (κ3) is 2.99. The lowest BCUT2D eigenvalue weighted by atomic mass is 9.69. The van der Waals surface area contributed by atoms with Crippen molar-refractivity contribution in [2.75, 3.05) is 20.0 Å². The first-order valence-corrected chi connectivity index (χ1v) is 8.29. The largest absolute Gasteiger partial charge is 0.391 e. The van der Waals surface area contributed by atoms with Gasteiger partial charge in [0.1, 0.15) is 0 Å². The minimum atomic E-state index is -0.721. The minimum absolute atomic E-state index is 0.669. The van der Waals surface area contributed by atoms with E-state index in [-0.39, 0.29) is 0 Å². The van der Waals surface area contributed by atoms with Crippen molar-refractivity contribution in [1.82, 2.24) is 0 Å². The van der Waals surface area contributed by atoms with Crippen LogP contribution in [0.4, 0.5) is 0 Å². The molecule has 0 aliphatic carbocycles. The Morgan fingerprint density at radius 2 is 1.54 bits per heavy atom. The molecule has 0 saturated heterocycles. The van der Waals surface area contributed by atoms with Gasteiger partial charge in [-0.2, -0.15) is 0 Å². The lowest BCUT2D eigenvalue weighted by Gasteiger charge is -2.21. The van der Waals surface area contributed by atoms with Crippen LogP contribution < -0.4 is 0 Å². The van der Waals surface area contributed by atoms with Gasteiger partial charge in [0.25, 0.3) is 0 Å². The zero-order valence-corrected chi connectivity index (χ0v) is 10.4. The fourth-order valence-electron chi connectivity index (χ4n) is 1.57. The highest BCUT2D eigenvalue weighted by molar-refractivity contribution is 8.04. The minimum Gasteiger partial charge on any atom is -0.0857 e. The lowest BCUT2D eigenvalue weighted by molar-refractivity contribution is 0.550. The Morgan fingerprint density at radius 1 is 1.08 bits per heavy atom. The molecule has 0 aromatic carbocycles. The van der Waals surface area contributed by atoms with Crippen molar-refractivity contribution in [1.29, 1.82) is 0 Å². The van der Waals surface area contributed by atoms with Crippen LogP contribution in [0, 0.1) is 11.8 Å². The van der Waals surface area contributed by atoms with Crippen LogP contribution >= 0.6 is 7.14 Å². The SMILES string of the molecule is CC(C)C1C=CB([P+](C)(C)C)C=C1. The summed E-state index contributed by atoms with van der Waals surface area (Å²) in [6, 6.07) is 0. The maximum atomic E-state index is 2.42. The summed E-state index contributed by atoms with van der Waals surface area (Å²) in [6.07, 6.45) is 5.50. The summed E-state index contributed by atoms with van der Waals surface area (Å²) in [5.74, 6) is 6.24. The second kappa shape index (κ2) is 4.01. The molecule has 0 N–H and O–H groups in total. The van der Waals surface area contributed by atoms with E-state index in [0.717, 1.165) is 12.4 Å². The fourth-order valence-corrected chi connectivity index (χ4v) is 2.80. The molecular formula is C11H21BP+. The van der Waals surface area contributed by atoms with E-state index < -0.39 is 7.14 Å². The highest BCUT2D eigenvalue weighted by atomic mass is 31.2. The molecule has 0 bridgehead atoms. The fraction of sp³-hybridized carbons (Fsp3) is 0.636. The second-order valence-electron chi connectivity index (χ2n) is 5.20. The first-order chi connectivity index (χ1) is 5.91. The second-order valence-corrected chi connectivity index (χ2v) is 10.0. The van der Waals surface area contributed by atoms with Crippen LogP contribution in [-0.4, -0.2) is 26.4 Å². The highest BCUT2D eigenvalue weighted by Crippen LogP contribution is 2.51. The van der Waals surface area contributed by atoms with Gasteiger partial charge in [-0.05, 0) is 19.0 Å². The normalized spacial score (nSPS) is 18.8. The molecule has 0 aromatic heterocycles. The van der Waals surface area contributed by atoms with Crippen molar-refractivity contribution < 1.29 is 0 Å². The Labute approximate surface area is 83.9 Å². The van der Waals surface area contributed by atoms with Crippen LogP contribution in [0.5, 0.6) is 0 Å². The zero-order valence-electron chi connectivity index (χ0n) is 9.49. The molecule has 0 amide bonds. The molecule has 0 saturated carbocycles. The Hall–Kier alpha value is -0.0251. The van der Waals surface area contributed by atoms with E-state index in [9.17, 15) is 0 Å². The van der Waals surface area contributed by atoms with Crippen molar-refractivity contribution in [3.63, 3.8) is 0 Å². The van der Waals surface area contributed by atoms with Gasteiger partial charge in [0.15, 0.2) is 0 Å². The van der Waals surface area contributed by atoms with Crippen LogP contribution in [0.25, 0.3) is 0 Å². The Bertz CT molecular complexity index is 209. The van der Waals surface area contributed by atoms with Crippen LogP contribution in [0.1, 0.15) is 13.8 Å². The molecule has 1 heterocycles. The molecule has 0 aromatic rings. The molecule has 1 aliphatic rings. The van der Waals surface area contributed by atoms with Gasteiger partial charge in [-0.1, -0.05) is 38.0 Å². The van der Waals surface area contributed by atoms with Crippen LogP contribution in [0.2, 0.25) is 0 Å². The average Bonchev–Trinajstić information content (AvgIpc) is 2.03. The van der Waals surface area contributed by atoms with Gasteiger partial charge >= 0.3 is 6.43 Å². The van der Waals surface area contributed by atoms with Gasteiger partial charge in [0.05, 0.1) is 0 Å². The maximum absolute atomic E-state index is 2.42. The highest BCUT2D eigenvalue weighted by Gasteiger charge is 2.34. The van der Waals surface area contributed by atoms with E-state index in [1.165, 1.54) is 0 Å². The van der Waals surface area contributed by atoms with Crippen LogP contribution in [-0.2, 0) is 0 Å². The predicted octanol–water partition coefficient (Wildman–Crippen LogP) is 3.36. The molecule has 13 heavy (non-hydrogen) atoms. The van der Waals surface area contributed by atoms with Crippen molar-refractivity contribution in [2.45, 2.75) is 13.8 Å². The summed E-state index contributed by atoms with van der Waals surface area (Å²) in [5.41, 5.74) is 0. The molecule has 0 unspecified atom stereocenters. The maximum Gasteiger partial charge on any atom is 0.391 e. The lowest BCUT2D eigenvalue weighted by Crippen LogP contribution is -2.17. The number of hydrogen-bond acceptors (Lipinski definition) is 0. The average molecular weight is 195 g/mol. The Balaban J connectivity index is 2.64. The van der Waals surface area contributed by atoms with Gasteiger partial charge in [0.2, 0.25) is 0 Å². The Morgan fingerprint density at radius 3 is 1.85 bits per heavy atom. The first kappa shape index (κ1) is 11.1. The number of hydrogen-bond donors (Lipinski definition) is 0. The first-order valence-electron chi connectivity index (χ1n) is 5.09. The van der Waals surface area contributed by atoms with Crippen molar-refractivity contribution >= 4 is 13.6 Å². The number of rotatable bonds is 2. The molecule has 0 spiro atoms. The third-order valence-corrected chi connectivity index (χ3v) is 4.86. The van der Waals surface area contributed by atoms with Crippen molar-refractivity contribution in [3.05, 3.63) is 24.1 Å². The van der Waals surface area contributed by atoms with Crippen molar-refractivity contribution in [3.8, 4) is 0 Å². The smallest absolute Gasteiger partial charge is 0.0857 e. The monoisotopic (exact) mass is 195 g/mol. The molecule has 0 nitrogen and oxygen atoms in total. The third-order valence-electron chi connectivity index (χ3n) is 2.73. The molecule has 1 aliphatic heterocycles. The molecule has 72 valence electrons. The topological polar surface area (TPSA) is 0 Å². The van der Waals surface area contributed by atoms with Gasteiger partial charge < -0.3 is 0 Å². The summed E-state index contributed by atoms with van der Waals surface area (Å²) in [4.78, 5) is 0. The van der Waals surface area contributed by atoms with E-state index in [0.29, 0.717) is 5.92 Å². The summed E-state index contributed by atoms with van der Waals surface area (Å²) in [7, 11) is -0.721. The van der Waals surface area contributed by atoms with Gasteiger partial charge in [-0.15, -0.1) is 0 Å². The van der Waals surface area contributed by atoms with Gasteiger partial charge in [-0.3, -0.25) is 0 Å². The molecule has 0 atom stereocenters. The summed E-state index contributed by atoms with van der Waals surface area (Å²) >= 11 is 0.